The van der Waals surface area contributed by atoms with Crippen LogP contribution in [0.4, 0.5) is 13.2 Å². The number of hydrogen-bond acceptors (Lipinski definition) is 4. The van der Waals surface area contributed by atoms with Crippen molar-refractivity contribution in [3.05, 3.63) is 35.4 Å². The number of guanidine groups is 1. The molecule has 2 rings (SSSR count). The molecule has 0 aliphatic carbocycles. The number of aliphatic imine (C=N–C) groups is 1. The van der Waals surface area contributed by atoms with Crippen molar-refractivity contribution < 1.29 is 27.4 Å². The zero-order valence-electron chi connectivity index (χ0n) is 18.1. The lowest BCUT2D eigenvalue weighted by Crippen LogP contribution is -2.48. The molecule has 1 heterocycles. The second kappa shape index (κ2) is 14.9. The van der Waals surface area contributed by atoms with Gasteiger partial charge in [-0.1, -0.05) is 25.5 Å². The number of morpholine rings is 1. The zero-order valence-corrected chi connectivity index (χ0v) is 20.4. The van der Waals surface area contributed by atoms with Crippen molar-refractivity contribution in [3.63, 3.8) is 0 Å². The van der Waals surface area contributed by atoms with E-state index in [4.69, 9.17) is 14.2 Å². The largest absolute Gasteiger partial charge is 0.416 e. The van der Waals surface area contributed by atoms with Crippen molar-refractivity contribution in [1.29, 1.82) is 0 Å². The summed E-state index contributed by atoms with van der Waals surface area (Å²) in [5.41, 5.74) is -0.157. The topological polar surface area (TPSA) is 55.3 Å². The van der Waals surface area contributed by atoms with Gasteiger partial charge in [0.25, 0.3) is 0 Å². The standard InChI is InChI=1S/C21H32F3N3O3.HI/c1-3-4-10-28-13-14-29-11-8-26-20(25-2)27-9-12-30-19(16-27)17-6-5-7-18(15-17)21(22,23)24;/h5-7,15,19H,3-4,8-14,16H2,1-2H3,(H,25,26);1H. The molecule has 1 aliphatic heterocycles. The molecule has 0 aromatic heterocycles. The molecule has 0 spiro atoms. The van der Waals surface area contributed by atoms with Crippen molar-refractivity contribution >= 4 is 29.9 Å². The van der Waals surface area contributed by atoms with Crippen LogP contribution in [0.5, 0.6) is 0 Å². The molecular formula is C21H33F3IN3O3. The molecule has 0 amide bonds. The Kier molecular flexibility index (Phi) is 13.4. The highest BCUT2D eigenvalue weighted by Gasteiger charge is 2.32. The molecule has 1 atom stereocenters. The molecule has 1 fully saturated rings. The van der Waals surface area contributed by atoms with E-state index in [1.807, 2.05) is 4.90 Å². The van der Waals surface area contributed by atoms with Crippen molar-refractivity contribution in [2.75, 3.05) is 59.7 Å². The van der Waals surface area contributed by atoms with E-state index in [9.17, 15) is 13.2 Å². The third kappa shape index (κ3) is 9.92. The fraction of sp³-hybridized carbons (Fsp3) is 0.667. The minimum atomic E-state index is -4.37. The summed E-state index contributed by atoms with van der Waals surface area (Å²) in [6, 6.07) is 5.30. The van der Waals surface area contributed by atoms with Gasteiger partial charge in [0.2, 0.25) is 0 Å². The Morgan fingerprint density at radius 3 is 2.65 bits per heavy atom. The van der Waals surface area contributed by atoms with E-state index in [0.29, 0.717) is 57.6 Å². The fourth-order valence-electron chi connectivity index (χ4n) is 3.09. The first-order valence-corrected chi connectivity index (χ1v) is 10.4. The first-order valence-electron chi connectivity index (χ1n) is 10.4. The Balaban J connectivity index is 0.00000480. The van der Waals surface area contributed by atoms with E-state index < -0.39 is 17.8 Å². The SMILES string of the molecule is CCCCOCCOCCNC(=NC)N1CCOC(c2cccc(C(F)(F)F)c2)C1.I. The Labute approximate surface area is 199 Å². The van der Waals surface area contributed by atoms with Gasteiger partial charge in [0.05, 0.1) is 38.5 Å². The summed E-state index contributed by atoms with van der Waals surface area (Å²) >= 11 is 0. The summed E-state index contributed by atoms with van der Waals surface area (Å²) in [6.45, 7) is 6.53. The molecule has 0 radical (unpaired) electrons. The fourth-order valence-corrected chi connectivity index (χ4v) is 3.09. The van der Waals surface area contributed by atoms with Crippen LogP contribution in [-0.4, -0.2) is 70.6 Å². The minimum absolute atomic E-state index is 0. The third-order valence-corrected chi connectivity index (χ3v) is 4.71. The second-order valence-electron chi connectivity index (χ2n) is 6.98. The average molecular weight is 559 g/mol. The summed E-state index contributed by atoms with van der Waals surface area (Å²) in [6.07, 6.45) is -2.65. The van der Waals surface area contributed by atoms with Crippen LogP contribution in [0.3, 0.4) is 0 Å². The van der Waals surface area contributed by atoms with Crippen LogP contribution in [0.15, 0.2) is 29.3 Å². The van der Waals surface area contributed by atoms with Crippen LogP contribution in [0, 0.1) is 0 Å². The molecule has 6 nitrogen and oxygen atoms in total. The molecule has 31 heavy (non-hydrogen) atoms. The van der Waals surface area contributed by atoms with Gasteiger partial charge in [0.15, 0.2) is 5.96 Å². The van der Waals surface area contributed by atoms with Crippen molar-refractivity contribution in [3.8, 4) is 0 Å². The maximum atomic E-state index is 13.0. The second-order valence-corrected chi connectivity index (χ2v) is 6.98. The molecule has 1 aliphatic rings. The first kappa shape index (κ1) is 27.9. The molecule has 10 heteroatoms. The quantitative estimate of drug-likeness (QED) is 0.203. The highest BCUT2D eigenvalue weighted by atomic mass is 127. The monoisotopic (exact) mass is 559 g/mol. The van der Waals surface area contributed by atoms with Crippen LogP contribution in [0.1, 0.15) is 37.0 Å². The van der Waals surface area contributed by atoms with Crippen LogP contribution in [0.2, 0.25) is 0 Å². The van der Waals surface area contributed by atoms with Crippen LogP contribution in [-0.2, 0) is 20.4 Å². The molecule has 178 valence electrons. The van der Waals surface area contributed by atoms with Gasteiger partial charge in [-0.2, -0.15) is 13.2 Å². The van der Waals surface area contributed by atoms with Gasteiger partial charge in [0.1, 0.15) is 6.10 Å². The van der Waals surface area contributed by atoms with E-state index in [0.717, 1.165) is 31.6 Å². The summed E-state index contributed by atoms with van der Waals surface area (Å²) in [5.74, 6) is 0.679. The molecule has 1 aromatic rings. The molecule has 1 N–H and O–H groups in total. The van der Waals surface area contributed by atoms with Crippen molar-refractivity contribution in [2.24, 2.45) is 4.99 Å². The van der Waals surface area contributed by atoms with Gasteiger partial charge in [-0.25, -0.2) is 0 Å². The highest BCUT2D eigenvalue weighted by molar-refractivity contribution is 14.0. The Hall–Kier alpha value is -1.11. The van der Waals surface area contributed by atoms with E-state index in [-0.39, 0.29) is 24.0 Å². The molecule has 1 aromatic carbocycles. The minimum Gasteiger partial charge on any atom is -0.379 e. The van der Waals surface area contributed by atoms with E-state index in [1.54, 1.807) is 13.1 Å². The van der Waals surface area contributed by atoms with Gasteiger partial charge < -0.3 is 24.4 Å². The first-order chi connectivity index (χ1) is 14.5. The van der Waals surface area contributed by atoms with Gasteiger partial charge in [0, 0.05) is 26.7 Å². The number of rotatable bonds is 10. The smallest absolute Gasteiger partial charge is 0.379 e. The lowest BCUT2D eigenvalue weighted by Gasteiger charge is -2.35. The summed E-state index contributed by atoms with van der Waals surface area (Å²) in [7, 11) is 1.68. The molecule has 0 saturated carbocycles. The van der Waals surface area contributed by atoms with Gasteiger partial charge in [-0.3, -0.25) is 4.99 Å². The van der Waals surface area contributed by atoms with E-state index in [2.05, 4.69) is 17.2 Å². The maximum Gasteiger partial charge on any atom is 0.416 e. The maximum absolute atomic E-state index is 13.0. The van der Waals surface area contributed by atoms with Crippen molar-refractivity contribution in [1.82, 2.24) is 10.2 Å². The zero-order chi connectivity index (χ0) is 21.8. The molecule has 1 saturated heterocycles. The Bertz CT molecular complexity index is 662. The number of nitrogens with zero attached hydrogens (tertiary/aromatic N) is 2. The lowest BCUT2D eigenvalue weighted by molar-refractivity contribution is -0.137. The predicted molar refractivity (Wildman–Crippen MR) is 125 cm³/mol. The lowest BCUT2D eigenvalue weighted by atomic mass is 10.0. The summed E-state index contributed by atoms with van der Waals surface area (Å²) in [5, 5.41) is 3.23. The number of halogens is 4. The molecular weight excluding hydrogens is 526 g/mol. The van der Waals surface area contributed by atoms with Gasteiger partial charge >= 0.3 is 6.18 Å². The van der Waals surface area contributed by atoms with E-state index in [1.165, 1.54) is 6.07 Å². The number of ether oxygens (including phenoxy) is 3. The van der Waals surface area contributed by atoms with Crippen LogP contribution >= 0.6 is 24.0 Å². The van der Waals surface area contributed by atoms with Gasteiger partial charge in [-0.15, -0.1) is 24.0 Å². The van der Waals surface area contributed by atoms with Crippen LogP contribution < -0.4 is 5.32 Å². The Morgan fingerprint density at radius 2 is 1.97 bits per heavy atom. The van der Waals surface area contributed by atoms with Gasteiger partial charge in [-0.05, 0) is 24.1 Å². The molecule has 1 unspecified atom stereocenters. The van der Waals surface area contributed by atoms with Crippen LogP contribution in [0.25, 0.3) is 0 Å². The average Bonchev–Trinajstić information content (AvgIpc) is 2.75. The molecule has 0 bridgehead atoms. The third-order valence-electron chi connectivity index (χ3n) is 4.71. The number of benzene rings is 1. The predicted octanol–water partition coefficient (Wildman–Crippen LogP) is 4.11. The Morgan fingerprint density at radius 1 is 1.23 bits per heavy atom. The number of hydrogen-bond donors (Lipinski definition) is 1. The van der Waals surface area contributed by atoms with E-state index >= 15 is 0 Å². The normalized spacial score (nSPS) is 17.4. The number of alkyl halides is 3. The number of nitrogens with one attached hydrogen (secondary N) is 1. The highest BCUT2D eigenvalue weighted by Crippen LogP contribution is 2.32. The van der Waals surface area contributed by atoms with Crippen molar-refractivity contribution in [2.45, 2.75) is 32.0 Å². The summed E-state index contributed by atoms with van der Waals surface area (Å²) < 4.78 is 55.7. The summed E-state index contributed by atoms with van der Waals surface area (Å²) in [4.78, 5) is 6.27. The number of unbranched alkanes of at least 4 members (excludes halogenated alkanes) is 1.